The van der Waals surface area contributed by atoms with E-state index < -0.39 is 18.1 Å². The maximum Gasteiger partial charge on any atom is 0.405 e. The van der Waals surface area contributed by atoms with Crippen molar-refractivity contribution in [3.63, 3.8) is 0 Å². The summed E-state index contributed by atoms with van der Waals surface area (Å²) in [5.74, 6) is 0.517. The van der Waals surface area contributed by atoms with Gasteiger partial charge in [0.15, 0.2) is 10.9 Å². The highest BCUT2D eigenvalue weighted by atomic mass is 35.5. The predicted octanol–water partition coefficient (Wildman–Crippen LogP) is 5.19. The summed E-state index contributed by atoms with van der Waals surface area (Å²) in [4.78, 5) is 18.9. The van der Waals surface area contributed by atoms with E-state index in [4.69, 9.17) is 21.4 Å². The largest absolute Gasteiger partial charge is 0.488 e. The summed E-state index contributed by atoms with van der Waals surface area (Å²) in [5, 5.41) is 11.6. The number of nitrogens with zero attached hydrogens (tertiary/aromatic N) is 2. The van der Waals surface area contributed by atoms with Crippen LogP contribution in [0.1, 0.15) is 39.3 Å². The van der Waals surface area contributed by atoms with E-state index in [9.17, 15) is 13.6 Å². The topological polar surface area (TPSA) is 84.3 Å². The zero-order valence-electron chi connectivity index (χ0n) is 15.7. The molecule has 2 aromatic heterocycles. The molecule has 2 aromatic rings. The zero-order chi connectivity index (χ0) is 20.9. The number of aromatic nitrogens is 2. The van der Waals surface area contributed by atoms with Gasteiger partial charge in [-0.15, -0.1) is 0 Å². The molecule has 0 aromatic carbocycles. The second-order valence-corrected chi connectivity index (χ2v) is 7.49. The number of ether oxygens (including phenoxy) is 1. The van der Waals surface area contributed by atoms with Crippen molar-refractivity contribution in [1.29, 1.82) is 0 Å². The molecule has 1 atom stereocenters. The number of amides is 1. The highest BCUT2D eigenvalue weighted by Gasteiger charge is 2.29. The average Bonchev–Trinajstić information content (AvgIpc) is 2.59. The molecule has 28 heavy (non-hydrogen) atoms. The number of halogens is 3. The Labute approximate surface area is 166 Å². The number of rotatable bonds is 8. The molecular weight excluding hydrogens is 392 g/mol. The lowest BCUT2D eigenvalue weighted by Crippen LogP contribution is -2.50. The number of nitrogens with one attached hydrogen (secondary N) is 1. The van der Waals surface area contributed by atoms with Crippen LogP contribution >= 0.6 is 11.6 Å². The van der Waals surface area contributed by atoms with Crippen molar-refractivity contribution >= 4 is 17.7 Å². The van der Waals surface area contributed by atoms with Gasteiger partial charge in [0.2, 0.25) is 0 Å². The van der Waals surface area contributed by atoms with Gasteiger partial charge in [0.25, 0.3) is 6.43 Å². The summed E-state index contributed by atoms with van der Waals surface area (Å²) >= 11 is 6.19. The molecule has 2 rings (SSSR count). The van der Waals surface area contributed by atoms with Gasteiger partial charge in [-0.25, -0.2) is 18.6 Å². The van der Waals surface area contributed by atoms with Crippen LogP contribution < -0.4 is 10.1 Å². The lowest BCUT2D eigenvalue weighted by molar-refractivity contribution is 0.143. The third-order valence-corrected chi connectivity index (χ3v) is 4.20. The van der Waals surface area contributed by atoms with Crippen molar-refractivity contribution in [3.8, 4) is 17.0 Å². The first-order chi connectivity index (χ1) is 13.1. The summed E-state index contributed by atoms with van der Waals surface area (Å²) in [6.45, 7) is 5.77. The summed E-state index contributed by atoms with van der Waals surface area (Å²) in [6, 6.07) is 5.97. The molecule has 2 heterocycles. The number of hydrogen-bond acceptors (Lipinski definition) is 4. The van der Waals surface area contributed by atoms with Crippen LogP contribution in [0.3, 0.4) is 0 Å². The minimum absolute atomic E-state index is 0.0510. The smallest absolute Gasteiger partial charge is 0.405 e. The van der Waals surface area contributed by atoms with Crippen LogP contribution in [-0.2, 0) is 0 Å². The third kappa shape index (κ3) is 6.02. The monoisotopic (exact) mass is 413 g/mol. The predicted molar refractivity (Wildman–Crippen MR) is 102 cm³/mol. The molecule has 0 saturated carbocycles. The van der Waals surface area contributed by atoms with Crippen LogP contribution in [0.2, 0.25) is 5.15 Å². The van der Waals surface area contributed by atoms with Gasteiger partial charge in [-0.2, -0.15) is 0 Å². The summed E-state index contributed by atoms with van der Waals surface area (Å²) in [7, 11) is 0. The Hall–Kier alpha value is -2.48. The number of carbonyl (C=O) groups is 1. The molecule has 0 fully saturated rings. The van der Waals surface area contributed by atoms with Crippen molar-refractivity contribution in [2.24, 2.45) is 5.92 Å². The van der Waals surface area contributed by atoms with E-state index in [2.05, 4.69) is 15.3 Å². The molecule has 152 valence electrons. The first kappa shape index (κ1) is 21.8. The molecule has 0 spiro atoms. The quantitative estimate of drug-likeness (QED) is 0.582. The van der Waals surface area contributed by atoms with Crippen LogP contribution in [-0.4, -0.2) is 33.3 Å². The lowest BCUT2D eigenvalue weighted by atomic mass is 9.91. The molecule has 9 heteroatoms. The molecule has 0 aliphatic heterocycles. The minimum atomic E-state index is -2.68. The molecule has 1 unspecified atom stereocenters. The third-order valence-electron chi connectivity index (χ3n) is 3.93. The van der Waals surface area contributed by atoms with E-state index in [-0.39, 0.29) is 29.1 Å². The van der Waals surface area contributed by atoms with Crippen molar-refractivity contribution in [1.82, 2.24) is 15.3 Å². The van der Waals surface area contributed by atoms with E-state index in [1.165, 1.54) is 12.3 Å². The van der Waals surface area contributed by atoms with Crippen LogP contribution in [0.25, 0.3) is 11.3 Å². The standard InChI is InChI=1S/C19H22ClF2N3O3/c1-11(2)9-19(3,25-18(26)27)10-28-15-5-4-13(24-16(15)20)12-6-7-23-14(8-12)17(21)22/h4-8,11,17,25H,9-10H2,1-3H3,(H,26,27). The van der Waals surface area contributed by atoms with E-state index in [1.54, 1.807) is 25.1 Å². The zero-order valence-corrected chi connectivity index (χ0v) is 16.5. The normalized spacial score (nSPS) is 13.4. The molecule has 2 N–H and O–H groups in total. The summed E-state index contributed by atoms with van der Waals surface area (Å²) in [5.41, 5.74) is -0.301. The average molecular weight is 414 g/mol. The fraction of sp³-hybridized carbons (Fsp3) is 0.421. The molecule has 0 aliphatic carbocycles. The second-order valence-electron chi connectivity index (χ2n) is 7.13. The first-order valence-corrected chi connectivity index (χ1v) is 9.02. The Morgan fingerprint density at radius 1 is 1.36 bits per heavy atom. The maximum absolute atomic E-state index is 12.8. The number of pyridine rings is 2. The van der Waals surface area contributed by atoms with E-state index >= 15 is 0 Å². The Morgan fingerprint density at radius 2 is 2.07 bits per heavy atom. The van der Waals surface area contributed by atoms with Crippen LogP contribution in [0.15, 0.2) is 30.5 Å². The highest BCUT2D eigenvalue weighted by Crippen LogP contribution is 2.29. The fourth-order valence-corrected chi connectivity index (χ4v) is 3.17. The second kappa shape index (κ2) is 9.14. The molecule has 0 saturated heterocycles. The van der Waals surface area contributed by atoms with Crippen molar-refractivity contribution in [2.45, 2.75) is 39.2 Å². The minimum Gasteiger partial charge on any atom is -0.488 e. The highest BCUT2D eigenvalue weighted by molar-refractivity contribution is 6.30. The van der Waals surface area contributed by atoms with E-state index in [1.807, 2.05) is 13.8 Å². The Morgan fingerprint density at radius 3 is 2.64 bits per heavy atom. The Balaban J connectivity index is 2.18. The van der Waals surface area contributed by atoms with E-state index in [0.717, 1.165) is 0 Å². The Kier molecular flexibility index (Phi) is 7.12. The molecule has 1 amide bonds. The van der Waals surface area contributed by atoms with Gasteiger partial charge in [-0.3, -0.25) is 4.98 Å². The number of hydrogen-bond donors (Lipinski definition) is 2. The summed E-state index contributed by atoms with van der Waals surface area (Å²) < 4.78 is 31.3. The molecular formula is C19H22ClF2N3O3. The van der Waals surface area contributed by atoms with Gasteiger partial charge < -0.3 is 15.2 Å². The van der Waals surface area contributed by atoms with Gasteiger partial charge in [-0.1, -0.05) is 25.4 Å². The lowest BCUT2D eigenvalue weighted by Gasteiger charge is -2.31. The van der Waals surface area contributed by atoms with Gasteiger partial charge in [0, 0.05) is 11.8 Å². The van der Waals surface area contributed by atoms with Gasteiger partial charge in [-0.05, 0) is 43.5 Å². The van der Waals surface area contributed by atoms with Crippen molar-refractivity contribution in [3.05, 3.63) is 41.3 Å². The van der Waals surface area contributed by atoms with Crippen molar-refractivity contribution in [2.75, 3.05) is 6.61 Å². The van der Waals surface area contributed by atoms with Crippen molar-refractivity contribution < 1.29 is 23.4 Å². The number of carboxylic acid groups (broad SMARTS) is 1. The van der Waals surface area contributed by atoms with Gasteiger partial charge in [0.05, 0.1) is 11.2 Å². The first-order valence-electron chi connectivity index (χ1n) is 8.64. The Bertz CT molecular complexity index is 836. The van der Waals surface area contributed by atoms with Gasteiger partial charge in [0.1, 0.15) is 12.3 Å². The van der Waals surface area contributed by atoms with Crippen LogP contribution in [0, 0.1) is 5.92 Å². The SMILES string of the molecule is CC(C)CC(C)(COc1ccc(-c2ccnc(C(F)F)c2)nc1Cl)NC(=O)O. The molecule has 6 nitrogen and oxygen atoms in total. The maximum atomic E-state index is 12.8. The fourth-order valence-electron chi connectivity index (χ4n) is 2.96. The van der Waals surface area contributed by atoms with E-state index in [0.29, 0.717) is 17.7 Å². The van der Waals surface area contributed by atoms with Crippen LogP contribution in [0.5, 0.6) is 5.75 Å². The number of alkyl halides is 2. The van der Waals surface area contributed by atoms with Gasteiger partial charge >= 0.3 is 6.09 Å². The molecule has 0 radical (unpaired) electrons. The molecule has 0 aliphatic rings. The summed E-state index contributed by atoms with van der Waals surface area (Å²) in [6.07, 6.45) is -1.97. The molecule has 0 bridgehead atoms. The van der Waals surface area contributed by atoms with Crippen LogP contribution in [0.4, 0.5) is 13.6 Å².